The molecule has 8 heteroatoms. The number of benzene rings is 2. The van der Waals surface area contributed by atoms with Crippen LogP contribution in [-0.4, -0.2) is 48.8 Å². The SMILES string of the molecule is COc1ccc(NC(=O)CN(C)Cc2nc(-c3ccc(OC)cc3)no2)cc1. The van der Waals surface area contributed by atoms with Gasteiger partial charge in [0.15, 0.2) is 0 Å². The van der Waals surface area contributed by atoms with Gasteiger partial charge in [-0.2, -0.15) is 4.98 Å². The average Bonchev–Trinajstić information content (AvgIpc) is 3.16. The molecule has 1 heterocycles. The molecule has 0 unspecified atom stereocenters. The number of amides is 1. The number of carbonyl (C=O) groups is 1. The second-order valence-electron chi connectivity index (χ2n) is 6.19. The van der Waals surface area contributed by atoms with Crippen LogP contribution in [0.2, 0.25) is 0 Å². The lowest BCUT2D eigenvalue weighted by atomic mass is 10.2. The number of carbonyl (C=O) groups excluding carboxylic acids is 1. The van der Waals surface area contributed by atoms with Gasteiger partial charge in [-0.3, -0.25) is 9.69 Å². The van der Waals surface area contributed by atoms with Crippen molar-refractivity contribution >= 4 is 11.6 Å². The van der Waals surface area contributed by atoms with E-state index in [0.717, 1.165) is 17.1 Å². The van der Waals surface area contributed by atoms with Gasteiger partial charge in [0.1, 0.15) is 11.5 Å². The molecule has 8 nitrogen and oxygen atoms in total. The fourth-order valence-corrected chi connectivity index (χ4v) is 2.58. The standard InChI is InChI=1S/C20H22N4O4/c1-24(12-18(25)21-15-6-10-17(27-3)11-7-15)13-19-22-20(23-28-19)14-4-8-16(26-2)9-5-14/h4-11H,12-13H2,1-3H3,(H,21,25). The maximum atomic E-state index is 12.2. The smallest absolute Gasteiger partial charge is 0.241 e. The van der Waals surface area contributed by atoms with Crippen molar-refractivity contribution in [2.24, 2.45) is 0 Å². The van der Waals surface area contributed by atoms with Crippen LogP contribution in [0.4, 0.5) is 5.69 Å². The Balaban J connectivity index is 1.53. The lowest BCUT2D eigenvalue weighted by Gasteiger charge is -2.14. The molecule has 2 aromatic carbocycles. The largest absolute Gasteiger partial charge is 0.497 e. The van der Waals surface area contributed by atoms with Crippen LogP contribution in [0, 0.1) is 0 Å². The van der Waals surface area contributed by atoms with Crippen molar-refractivity contribution in [3.05, 3.63) is 54.4 Å². The molecule has 0 bridgehead atoms. The zero-order chi connectivity index (χ0) is 19.9. The van der Waals surface area contributed by atoms with Gasteiger partial charge in [0.05, 0.1) is 27.3 Å². The van der Waals surface area contributed by atoms with Gasteiger partial charge in [0, 0.05) is 11.3 Å². The van der Waals surface area contributed by atoms with Crippen LogP contribution in [0.5, 0.6) is 11.5 Å². The number of rotatable bonds is 8. The lowest BCUT2D eigenvalue weighted by molar-refractivity contribution is -0.117. The first-order chi connectivity index (χ1) is 13.6. The van der Waals surface area contributed by atoms with E-state index in [1.807, 2.05) is 31.3 Å². The number of likely N-dealkylation sites (N-methyl/N-ethyl adjacent to an activating group) is 1. The number of nitrogens with one attached hydrogen (secondary N) is 1. The summed E-state index contributed by atoms with van der Waals surface area (Å²) in [5, 5.41) is 6.83. The number of nitrogens with zero attached hydrogens (tertiary/aromatic N) is 3. The van der Waals surface area contributed by atoms with E-state index in [-0.39, 0.29) is 12.5 Å². The van der Waals surface area contributed by atoms with E-state index in [1.165, 1.54) is 0 Å². The number of anilines is 1. The molecule has 146 valence electrons. The summed E-state index contributed by atoms with van der Waals surface area (Å²) in [6.45, 7) is 0.547. The molecule has 0 aliphatic rings. The third-order valence-electron chi connectivity index (χ3n) is 4.01. The minimum Gasteiger partial charge on any atom is -0.497 e. The number of methoxy groups -OCH3 is 2. The summed E-state index contributed by atoms with van der Waals surface area (Å²) in [6, 6.07) is 14.5. The zero-order valence-corrected chi connectivity index (χ0v) is 16.0. The highest BCUT2D eigenvalue weighted by Gasteiger charge is 2.13. The van der Waals surface area contributed by atoms with Crippen molar-refractivity contribution in [2.45, 2.75) is 6.54 Å². The van der Waals surface area contributed by atoms with Gasteiger partial charge in [0.2, 0.25) is 17.6 Å². The van der Waals surface area contributed by atoms with Gasteiger partial charge in [0.25, 0.3) is 0 Å². The predicted molar refractivity (Wildman–Crippen MR) is 104 cm³/mol. The Morgan fingerprint density at radius 3 is 2.25 bits per heavy atom. The Kier molecular flexibility index (Phi) is 6.23. The molecular weight excluding hydrogens is 360 g/mol. The Morgan fingerprint density at radius 1 is 1.04 bits per heavy atom. The molecule has 0 radical (unpaired) electrons. The predicted octanol–water partition coefficient (Wildman–Crippen LogP) is 2.82. The van der Waals surface area contributed by atoms with Crippen molar-refractivity contribution in [1.82, 2.24) is 15.0 Å². The van der Waals surface area contributed by atoms with Gasteiger partial charge in [-0.15, -0.1) is 0 Å². The van der Waals surface area contributed by atoms with Crippen molar-refractivity contribution in [3.63, 3.8) is 0 Å². The maximum absolute atomic E-state index is 12.2. The lowest BCUT2D eigenvalue weighted by Crippen LogP contribution is -2.29. The number of ether oxygens (including phenoxy) is 2. The Labute approximate surface area is 163 Å². The van der Waals surface area contributed by atoms with E-state index >= 15 is 0 Å². The minimum atomic E-state index is -0.137. The average molecular weight is 382 g/mol. The highest BCUT2D eigenvalue weighted by molar-refractivity contribution is 5.92. The molecule has 0 saturated heterocycles. The van der Waals surface area contributed by atoms with Gasteiger partial charge in [-0.1, -0.05) is 5.16 Å². The summed E-state index contributed by atoms with van der Waals surface area (Å²) in [6.07, 6.45) is 0. The molecule has 0 aliphatic carbocycles. The van der Waals surface area contributed by atoms with Crippen LogP contribution in [0.25, 0.3) is 11.4 Å². The zero-order valence-electron chi connectivity index (χ0n) is 16.0. The van der Waals surface area contributed by atoms with E-state index in [9.17, 15) is 4.79 Å². The number of hydrogen-bond donors (Lipinski definition) is 1. The Bertz CT molecular complexity index is 907. The summed E-state index contributed by atoms with van der Waals surface area (Å²) in [7, 11) is 5.02. The van der Waals surface area contributed by atoms with Gasteiger partial charge >= 0.3 is 0 Å². The molecule has 28 heavy (non-hydrogen) atoms. The number of aromatic nitrogens is 2. The topological polar surface area (TPSA) is 89.7 Å². The first-order valence-corrected chi connectivity index (χ1v) is 8.67. The minimum absolute atomic E-state index is 0.137. The van der Waals surface area contributed by atoms with Crippen LogP contribution in [0.1, 0.15) is 5.89 Å². The molecule has 3 aromatic rings. The van der Waals surface area contributed by atoms with E-state index < -0.39 is 0 Å². The third-order valence-corrected chi connectivity index (χ3v) is 4.01. The van der Waals surface area contributed by atoms with E-state index in [4.69, 9.17) is 14.0 Å². The maximum Gasteiger partial charge on any atom is 0.241 e. The molecule has 0 aliphatic heterocycles. The van der Waals surface area contributed by atoms with Crippen molar-refractivity contribution in [2.75, 3.05) is 33.1 Å². The highest BCUT2D eigenvalue weighted by atomic mass is 16.5. The van der Waals surface area contributed by atoms with Crippen LogP contribution in [-0.2, 0) is 11.3 Å². The first-order valence-electron chi connectivity index (χ1n) is 8.67. The van der Waals surface area contributed by atoms with Crippen LogP contribution in [0.15, 0.2) is 53.1 Å². The van der Waals surface area contributed by atoms with Crippen molar-refractivity contribution in [1.29, 1.82) is 0 Å². The fraction of sp³-hybridized carbons (Fsp3) is 0.250. The Hall–Kier alpha value is -3.39. The quantitative estimate of drug-likeness (QED) is 0.641. The van der Waals surface area contributed by atoms with Crippen LogP contribution in [0.3, 0.4) is 0 Å². The molecular formula is C20H22N4O4. The molecule has 3 rings (SSSR count). The summed E-state index contributed by atoms with van der Waals surface area (Å²) >= 11 is 0. The third kappa shape index (κ3) is 5.08. The van der Waals surface area contributed by atoms with E-state index in [0.29, 0.717) is 23.9 Å². The van der Waals surface area contributed by atoms with Gasteiger partial charge < -0.3 is 19.3 Å². The second kappa shape index (κ2) is 9.01. The molecule has 1 amide bonds. The summed E-state index contributed by atoms with van der Waals surface area (Å²) in [5.41, 5.74) is 1.54. The molecule has 0 fully saturated rings. The summed E-state index contributed by atoms with van der Waals surface area (Å²) in [5.74, 6) is 2.29. The van der Waals surface area contributed by atoms with Gasteiger partial charge in [-0.05, 0) is 55.6 Å². The normalized spacial score (nSPS) is 10.7. The summed E-state index contributed by atoms with van der Waals surface area (Å²) in [4.78, 5) is 18.4. The van der Waals surface area contributed by atoms with Crippen molar-refractivity contribution < 1.29 is 18.8 Å². The molecule has 1 aromatic heterocycles. The Morgan fingerprint density at radius 2 is 1.64 bits per heavy atom. The number of hydrogen-bond acceptors (Lipinski definition) is 7. The van der Waals surface area contributed by atoms with E-state index in [2.05, 4.69) is 15.5 Å². The highest BCUT2D eigenvalue weighted by Crippen LogP contribution is 2.20. The fourth-order valence-electron chi connectivity index (χ4n) is 2.58. The van der Waals surface area contributed by atoms with E-state index in [1.54, 1.807) is 43.4 Å². The van der Waals surface area contributed by atoms with Crippen LogP contribution < -0.4 is 14.8 Å². The second-order valence-corrected chi connectivity index (χ2v) is 6.19. The molecule has 0 spiro atoms. The molecule has 0 saturated carbocycles. The molecule has 1 N–H and O–H groups in total. The molecule has 0 atom stereocenters. The first kappa shape index (κ1) is 19.4. The van der Waals surface area contributed by atoms with Gasteiger partial charge in [-0.25, -0.2) is 0 Å². The monoisotopic (exact) mass is 382 g/mol. The van der Waals surface area contributed by atoms with Crippen molar-refractivity contribution in [3.8, 4) is 22.9 Å². The summed E-state index contributed by atoms with van der Waals surface area (Å²) < 4.78 is 15.5. The van der Waals surface area contributed by atoms with Crippen LogP contribution >= 0.6 is 0 Å².